The Hall–Kier alpha value is -2.02. The summed E-state index contributed by atoms with van der Waals surface area (Å²) >= 11 is 0. The van der Waals surface area contributed by atoms with E-state index in [4.69, 9.17) is 15.0 Å². The van der Waals surface area contributed by atoms with Crippen LogP contribution in [0.4, 0.5) is 13.2 Å². The summed E-state index contributed by atoms with van der Waals surface area (Å²) in [5.41, 5.74) is -1.42. The Kier molecular flexibility index (Phi) is 3.97. The van der Waals surface area contributed by atoms with E-state index < -0.39 is 24.4 Å². The van der Waals surface area contributed by atoms with Gasteiger partial charge < -0.3 is 4.52 Å². The third-order valence-electron chi connectivity index (χ3n) is 2.42. The number of aryl methyl sites for hydroxylation is 1. The van der Waals surface area contributed by atoms with E-state index in [1.807, 2.05) is 0 Å². The summed E-state index contributed by atoms with van der Waals surface area (Å²) < 4.78 is 41.2. The van der Waals surface area contributed by atoms with Crippen LogP contribution in [0.3, 0.4) is 0 Å². The van der Waals surface area contributed by atoms with Crippen LogP contribution in [-0.2, 0) is 6.42 Å². The van der Waals surface area contributed by atoms with E-state index in [0.717, 1.165) is 0 Å². The van der Waals surface area contributed by atoms with Gasteiger partial charge in [-0.1, -0.05) is 5.16 Å². The quantitative estimate of drug-likeness (QED) is 0.831. The van der Waals surface area contributed by atoms with Crippen LogP contribution in [-0.4, -0.2) is 11.3 Å². The average molecular weight is 257 g/mol. The first-order chi connectivity index (χ1) is 8.30. The van der Waals surface area contributed by atoms with E-state index >= 15 is 0 Å². The lowest BCUT2D eigenvalue weighted by molar-refractivity contribution is -0.138. The lowest BCUT2D eigenvalue weighted by Gasteiger charge is -2.17. The van der Waals surface area contributed by atoms with E-state index in [-0.39, 0.29) is 6.42 Å². The van der Waals surface area contributed by atoms with Gasteiger partial charge in [-0.05, 0) is 13.3 Å². The van der Waals surface area contributed by atoms with Crippen molar-refractivity contribution in [1.82, 2.24) is 5.16 Å². The van der Waals surface area contributed by atoms with Crippen LogP contribution in [0.5, 0.6) is 0 Å². The topological polar surface area (TPSA) is 73.6 Å². The molecule has 0 atom stereocenters. The Morgan fingerprint density at radius 1 is 1.28 bits per heavy atom. The molecule has 0 aliphatic carbocycles. The van der Waals surface area contributed by atoms with Gasteiger partial charge >= 0.3 is 6.18 Å². The highest BCUT2D eigenvalue weighted by Crippen LogP contribution is 2.32. The molecule has 1 heterocycles. The number of rotatable bonds is 4. The van der Waals surface area contributed by atoms with Gasteiger partial charge in [-0.3, -0.25) is 0 Å². The Morgan fingerprint density at radius 2 is 1.89 bits per heavy atom. The van der Waals surface area contributed by atoms with E-state index in [2.05, 4.69) is 5.16 Å². The predicted molar refractivity (Wildman–Crippen MR) is 53.9 cm³/mol. The van der Waals surface area contributed by atoms with Crippen molar-refractivity contribution in [2.45, 2.75) is 32.4 Å². The fourth-order valence-corrected chi connectivity index (χ4v) is 1.47. The van der Waals surface area contributed by atoms with Crippen molar-refractivity contribution in [3.8, 4) is 12.1 Å². The van der Waals surface area contributed by atoms with Gasteiger partial charge in [-0.2, -0.15) is 23.7 Å². The van der Waals surface area contributed by atoms with Crippen molar-refractivity contribution in [1.29, 1.82) is 10.5 Å². The minimum Gasteiger partial charge on any atom is -0.361 e. The van der Waals surface area contributed by atoms with Crippen molar-refractivity contribution in [3.63, 3.8) is 0 Å². The molecule has 4 nitrogen and oxygen atoms in total. The monoisotopic (exact) mass is 257 g/mol. The molecule has 1 aromatic heterocycles. The third kappa shape index (κ3) is 3.77. The fraction of sp³-hybridized carbons (Fsp3) is 0.545. The molecule has 0 radical (unpaired) electrons. The number of nitrogens with zero attached hydrogens (tertiary/aromatic N) is 3. The van der Waals surface area contributed by atoms with Crippen molar-refractivity contribution in [3.05, 3.63) is 17.5 Å². The predicted octanol–water partition coefficient (Wildman–Crippen LogP) is 2.90. The summed E-state index contributed by atoms with van der Waals surface area (Å²) in [6.07, 6.45) is -6.31. The van der Waals surface area contributed by atoms with E-state index in [1.54, 1.807) is 19.1 Å². The Morgan fingerprint density at radius 3 is 2.28 bits per heavy atom. The van der Waals surface area contributed by atoms with Gasteiger partial charge in [0.1, 0.15) is 11.2 Å². The molecule has 1 aromatic rings. The highest BCUT2D eigenvalue weighted by molar-refractivity contribution is 5.20. The summed E-state index contributed by atoms with van der Waals surface area (Å²) in [6, 6.07) is 4.80. The first-order valence-corrected chi connectivity index (χ1v) is 5.12. The molecule has 0 aromatic carbocycles. The molecule has 0 saturated heterocycles. The molecule has 0 aliphatic heterocycles. The molecule has 96 valence electrons. The average Bonchev–Trinajstić information content (AvgIpc) is 2.69. The van der Waals surface area contributed by atoms with Gasteiger partial charge in [-0.25, -0.2) is 0 Å². The molecule has 1 rings (SSSR count). The van der Waals surface area contributed by atoms with Crippen LogP contribution < -0.4 is 0 Å². The van der Waals surface area contributed by atoms with Crippen LogP contribution in [0, 0.1) is 35.0 Å². The van der Waals surface area contributed by atoms with Crippen LogP contribution in [0.15, 0.2) is 10.6 Å². The lowest BCUT2D eigenvalue weighted by atomic mass is 9.82. The normalized spacial score (nSPS) is 11.9. The molecular weight excluding hydrogens is 247 g/mol. The second-order valence-corrected chi connectivity index (χ2v) is 4.03. The maximum atomic E-state index is 12.1. The number of halogens is 3. The smallest absolute Gasteiger partial charge is 0.361 e. The lowest BCUT2D eigenvalue weighted by Crippen LogP contribution is -2.23. The van der Waals surface area contributed by atoms with Crippen molar-refractivity contribution >= 4 is 0 Å². The number of nitriles is 2. The fourth-order valence-electron chi connectivity index (χ4n) is 1.47. The summed E-state index contributed by atoms with van der Waals surface area (Å²) in [5, 5.41) is 21.5. The van der Waals surface area contributed by atoms with Gasteiger partial charge in [0.15, 0.2) is 0 Å². The Balaban J connectivity index is 2.82. The molecule has 0 amide bonds. The Bertz CT molecular complexity index is 479. The zero-order valence-electron chi connectivity index (χ0n) is 9.58. The standard InChI is InChI=1S/C11H10F3N3O/c1-8-4-9(17-18-8)5-10(6-15,7-16)2-3-11(12,13)14/h4H,2-3,5H2,1H3. The highest BCUT2D eigenvalue weighted by Gasteiger charge is 2.37. The van der Waals surface area contributed by atoms with Crippen LogP contribution in [0.25, 0.3) is 0 Å². The molecule has 0 saturated carbocycles. The number of alkyl halides is 3. The first-order valence-electron chi connectivity index (χ1n) is 5.12. The second kappa shape index (κ2) is 5.09. The molecular formula is C11H10F3N3O. The van der Waals surface area contributed by atoms with Gasteiger partial charge in [0.2, 0.25) is 0 Å². The van der Waals surface area contributed by atoms with Crippen molar-refractivity contribution < 1.29 is 17.7 Å². The van der Waals surface area contributed by atoms with Gasteiger partial charge in [0, 0.05) is 18.9 Å². The molecule has 0 bridgehead atoms. The van der Waals surface area contributed by atoms with Crippen molar-refractivity contribution in [2.24, 2.45) is 5.41 Å². The van der Waals surface area contributed by atoms with Gasteiger partial charge in [0.05, 0.1) is 17.8 Å². The van der Waals surface area contributed by atoms with E-state index in [0.29, 0.717) is 11.5 Å². The van der Waals surface area contributed by atoms with Crippen LogP contribution in [0.2, 0.25) is 0 Å². The highest BCUT2D eigenvalue weighted by atomic mass is 19.4. The first kappa shape index (κ1) is 14.0. The van der Waals surface area contributed by atoms with Crippen LogP contribution >= 0.6 is 0 Å². The SMILES string of the molecule is Cc1cc(CC(C#N)(C#N)CCC(F)(F)F)no1. The number of aromatic nitrogens is 1. The largest absolute Gasteiger partial charge is 0.389 e. The zero-order chi connectivity index (χ0) is 13.8. The molecule has 0 N–H and O–H groups in total. The third-order valence-corrected chi connectivity index (χ3v) is 2.42. The van der Waals surface area contributed by atoms with Gasteiger partial charge in [-0.15, -0.1) is 0 Å². The maximum absolute atomic E-state index is 12.1. The maximum Gasteiger partial charge on any atom is 0.389 e. The van der Waals surface area contributed by atoms with Crippen molar-refractivity contribution in [2.75, 3.05) is 0 Å². The number of hydrogen-bond donors (Lipinski definition) is 0. The minimum absolute atomic E-state index is 0.173. The minimum atomic E-state index is -4.39. The summed E-state index contributed by atoms with van der Waals surface area (Å²) in [5.74, 6) is 0.477. The molecule has 18 heavy (non-hydrogen) atoms. The zero-order valence-corrected chi connectivity index (χ0v) is 9.58. The second-order valence-electron chi connectivity index (χ2n) is 4.03. The van der Waals surface area contributed by atoms with E-state index in [9.17, 15) is 13.2 Å². The van der Waals surface area contributed by atoms with E-state index in [1.165, 1.54) is 6.07 Å². The summed E-state index contributed by atoms with van der Waals surface area (Å²) in [4.78, 5) is 0. The molecule has 0 unspecified atom stereocenters. The molecule has 0 fully saturated rings. The van der Waals surface area contributed by atoms with Gasteiger partial charge in [0.25, 0.3) is 0 Å². The molecule has 0 spiro atoms. The Labute approximate surface area is 102 Å². The molecule has 0 aliphatic rings. The number of hydrogen-bond acceptors (Lipinski definition) is 4. The van der Waals surface area contributed by atoms with Crippen LogP contribution in [0.1, 0.15) is 24.3 Å². The summed E-state index contributed by atoms with van der Waals surface area (Å²) in [6.45, 7) is 1.62. The molecule has 7 heteroatoms. The summed E-state index contributed by atoms with van der Waals surface area (Å²) in [7, 11) is 0.